The first-order chi connectivity index (χ1) is 12.3. The molecule has 0 saturated carbocycles. The van der Waals surface area contributed by atoms with Crippen molar-refractivity contribution in [2.24, 2.45) is 0 Å². The van der Waals surface area contributed by atoms with Gasteiger partial charge in [-0.2, -0.15) is 0 Å². The molecule has 0 spiro atoms. The van der Waals surface area contributed by atoms with Gasteiger partial charge in [0, 0.05) is 12.1 Å². The van der Waals surface area contributed by atoms with Crippen LogP contribution in [0.4, 0.5) is 11.4 Å². The van der Waals surface area contributed by atoms with Gasteiger partial charge in [-0.25, -0.2) is 4.98 Å². The second-order valence-corrected chi connectivity index (χ2v) is 6.07. The monoisotopic (exact) mass is 372 g/mol. The molecule has 8 nitrogen and oxygen atoms in total. The number of hydrogen-bond acceptors (Lipinski definition) is 5. The minimum absolute atomic E-state index is 0.0721. The van der Waals surface area contributed by atoms with E-state index in [1.54, 1.807) is 18.2 Å². The van der Waals surface area contributed by atoms with Crippen molar-refractivity contribution >= 4 is 39.8 Å². The van der Waals surface area contributed by atoms with E-state index in [1.807, 2.05) is 6.92 Å². The molecule has 26 heavy (non-hydrogen) atoms. The van der Waals surface area contributed by atoms with Crippen molar-refractivity contribution in [3.63, 3.8) is 0 Å². The number of nitrogens with zero attached hydrogens (tertiary/aromatic N) is 3. The van der Waals surface area contributed by atoms with Crippen LogP contribution >= 0.6 is 11.6 Å². The maximum absolute atomic E-state index is 12.5. The lowest BCUT2D eigenvalue weighted by Gasteiger charge is -2.09. The summed E-state index contributed by atoms with van der Waals surface area (Å²) in [7, 11) is 0. The number of nitrogens with one attached hydrogen (secondary N) is 1. The van der Waals surface area contributed by atoms with Gasteiger partial charge in [0.15, 0.2) is 0 Å². The Bertz CT molecular complexity index is 1090. The van der Waals surface area contributed by atoms with Gasteiger partial charge in [0.25, 0.3) is 11.2 Å². The molecule has 0 saturated heterocycles. The van der Waals surface area contributed by atoms with E-state index in [-0.39, 0.29) is 17.6 Å². The predicted molar refractivity (Wildman–Crippen MR) is 97.5 cm³/mol. The molecule has 1 aromatic heterocycles. The molecule has 1 heterocycles. The molecule has 1 N–H and O–H groups in total. The van der Waals surface area contributed by atoms with Gasteiger partial charge in [-0.05, 0) is 30.7 Å². The van der Waals surface area contributed by atoms with Gasteiger partial charge in [-0.15, -0.1) is 0 Å². The molecule has 2 aromatic carbocycles. The number of halogens is 1. The summed E-state index contributed by atoms with van der Waals surface area (Å²) in [6, 6.07) is 8.98. The Morgan fingerprint density at radius 2 is 2.08 bits per heavy atom. The summed E-state index contributed by atoms with van der Waals surface area (Å²) in [5, 5.41) is 14.0. The number of anilines is 1. The highest BCUT2D eigenvalue weighted by Gasteiger charge is 2.13. The maximum atomic E-state index is 12.5. The van der Waals surface area contributed by atoms with Crippen molar-refractivity contribution in [2.45, 2.75) is 13.5 Å². The van der Waals surface area contributed by atoms with E-state index in [4.69, 9.17) is 11.6 Å². The van der Waals surface area contributed by atoms with Crippen molar-refractivity contribution in [3.8, 4) is 0 Å². The van der Waals surface area contributed by atoms with E-state index < -0.39 is 16.4 Å². The summed E-state index contributed by atoms with van der Waals surface area (Å²) in [4.78, 5) is 39.1. The molecule has 0 aliphatic carbocycles. The number of non-ortho nitro benzene ring substituents is 1. The minimum Gasteiger partial charge on any atom is -0.323 e. The zero-order valence-electron chi connectivity index (χ0n) is 13.6. The van der Waals surface area contributed by atoms with Crippen LogP contribution in [-0.4, -0.2) is 20.4 Å². The van der Waals surface area contributed by atoms with Crippen molar-refractivity contribution in [3.05, 3.63) is 73.8 Å². The third kappa shape index (κ3) is 3.55. The standard InChI is InChI=1S/C17H13ClN4O4/c1-10-2-4-15(13(18)6-10)20-16(23)8-21-9-19-14-5-3-11(22(25)26)7-12(14)17(21)24/h2-7,9H,8H2,1H3,(H,20,23). The summed E-state index contributed by atoms with van der Waals surface area (Å²) < 4.78 is 1.09. The highest BCUT2D eigenvalue weighted by Crippen LogP contribution is 2.22. The van der Waals surface area contributed by atoms with Crippen LogP contribution in [0, 0.1) is 17.0 Å². The van der Waals surface area contributed by atoms with E-state index in [2.05, 4.69) is 10.3 Å². The number of nitro groups is 1. The number of benzene rings is 2. The molecular weight excluding hydrogens is 360 g/mol. The van der Waals surface area contributed by atoms with Gasteiger partial charge in [0.05, 0.1) is 32.9 Å². The lowest BCUT2D eigenvalue weighted by atomic mass is 10.2. The molecule has 0 aliphatic heterocycles. The highest BCUT2D eigenvalue weighted by atomic mass is 35.5. The van der Waals surface area contributed by atoms with Crippen LogP contribution in [-0.2, 0) is 11.3 Å². The molecule has 3 rings (SSSR count). The van der Waals surface area contributed by atoms with Gasteiger partial charge in [0.1, 0.15) is 6.54 Å². The first-order valence-electron chi connectivity index (χ1n) is 7.55. The average Bonchev–Trinajstić information content (AvgIpc) is 2.59. The van der Waals surface area contributed by atoms with Gasteiger partial charge in [-0.1, -0.05) is 17.7 Å². The normalized spacial score (nSPS) is 10.7. The summed E-state index contributed by atoms with van der Waals surface area (Å²) in [6.45, 7) is 1.58. The quantitative estimate of drug-likeness (QED) is 0.559. The lowest BCUT2D eigenvalue weighted by molar-refractivity contribution is -0.384. The van der Waals surface area contributed by atoms with E-state index >= 15 is 0 Å². The Balaban J connectivity index is 1.88. The topological polar surface area (TPSA) is 107 Å². The van der Waals surface area contributed by atoms with Crippen LogP contribution in [0.25, 0.3) is 10.9 Å². The number of nitro benzene ring substituents is 1. The van der Waals surface area contributed by atoms with Crippen LogP contribution in [0.15, 0.2) is 47.5 Å². The second kappa shape index (κ2) is 6.93. The highest BCUT2D eigenvalue weighted by molar-refractivity contribution is 6.33. The molecule has 9 heteroatoms. The summed E-state index contributed by atoms with van der Waals surface area (Å²) in [5.41, 5.74) is 0.942. The third-order valence-electron chi connectivity index (χ3n) is 3.73. The molecule has 0 unspecified atom stereocenters. The lowest BCUT2D eigenvalue weighted by Crippen LogP contribution is -2.28. The zero-order chi connectivity index (χ0) is 18.8. The summed E-state index contributed by atoms with van der Waals surface area (Å²) >= 11 is 6.07. The molecule has 1 amide bonds. The van der Waals surface area contributed by atoms with Gasteiger partial charge in [-0.3, -0.25) is 24.3 Å². The molecule has 0 atom stereocenters. The number of amides is 1. The van der Waals surface area contributed by atoms with Gasteiger partial charge < -0.3 is 5.32 Å². The Labute approximate surface area is 152 Å². The number of carbonyl (C=O) groups is 1. The fraction of sp³-hybridized carbons (Fsp3) is 0.118. The number of hydrogen-bond donors (Lipinski definition) is 1. The van der Waals surface area contributed by atoms with Crippen LogP contribution in [0.2, 0.25) is 5.02 Å². The Morgan fingerprint density at radius 1 is 1.31 bits per heavy atom. The summed E-state index contributed by atoms with van der Waals surface area (Å²) in [6.07, 6.45) is 1.23. The van der Waals surface area contributed by atoms with Crippen molar-refractivity contribution in [1.29, 1.82) is 0 Å². The smallest absolute Gasteiger partial charge is 0.270 e. The minimum atomic E-state index is -0.595. The number of carbonyl (C=O) groups excluding carboxylic acids is 1. The van der Waals surface area contributed by atoms with Crippen molar-refractivity contribution in [1.82, 2.24) is 9.55 Å². The predicted octanol–water partition coefficient (Wildman–Crippen LogP) is 2.91. The Morgan fingerprint density at radius 3 is 2.77 bits per heavy atom. The van der Waals surface area contributed by atoms with Crippen LogP contribution in [0.3, 0.4) is 0 Å². The largest absolute Gasteiger partial charge is 0.323 e. The van der Waals surface area contributed by atoms with Gasteiger partial charge in [0.2, 0.25) is 5.91 Å². The SMILES string of the molecule is Cc1ccc(NC(=O)Cn2cnc3ccc([N+](=O)[O-])cc3c2=O)c(Cl)c1. The van der Waals surface area contributed by atoms with E-state index in [0.29, 0.717) is 16.2 Å². The maximum Gasteiger partial charge on any atom is 0.270 e. The molecule has 0 aliphatic rings. The Hall–Kier alpha value is -3.26. The fourth-order valence-electron chi connectivity index (χ4n) is 2.44. The van der Waals surface area contributed by atoms with Crippen LogP contribution in [0.1, 0.15) is 5.56 Å². The van der Waals surface area contributed by atoms with E-state index in [0.717, 1.165) is 16.2 Å². The number of fused-ring (bicyclic) bond motifs is 1. The number of rotatable bonds is 4. The second-order valence-electron chi connectivity index (χ2n) is 5.67. The van der Waals surface area contributed by atoms with Crippen LogP contribution < -0.4 is 10.9 Å². The zero-order valence-corrected chi connectivity index (χ0v) is 14.4. The fourth-order valence-corrected chi connectivity index (χ4v) is 2.72. The molecule has 0 radical (unpaired) electrons. The number of aromatic nitrogens is 2. The summed E-state index contributed by atoms with van der Waals surface area (Å²) in [5.74, 6) is -0.468. The first-order valence-corrected chi connectivity index (χ1v) is 7.92. The molecule has 132 valence electrons. The molecule has 0 fully saturated rings. The van der Waals surface area contributed by atoms with Crippen LogP contribution in [0.5, 0.6) is 0 Å². The Kier molecular flexibility index (Phi) is 4.68. The van der Waals surface area contributed by atoms with E-state index in [1.165, 1.54) is 18.5 Å². The molecular formula is C17H13ClN4O4. The van der Waals surface area contributed by atoms with E-state index in [9.17, 15) is 19.7 Å². The molecule has 3 aromatic rings. The molecule has 0 bridgehead atoms. The average molecular weight is 373 g/mol. The number of aryl methyl sites for hydroxylation is 1. The van der Waals surface area contributed by atoms with Crippen molar-refractivity contribution < 1.29 is 9.72 Å². The first kappa shape index (κ1) is 17.6. The van der Waals surface area contributed by atoms with Crippen molar-refractivity contribution in [2.75, 3.05) is 5.32 Å². The van der Waals surface area contributed by atoms with Gasteiger partial charge >= 0.3 is 0 Å². The third-order valence-corrected chi connectivity index (χ3v) is 4.04.